The second-order valence-electron chi connectivity index (χ2n) is 7.14. The first-order valence-corrected chi connectivity index (χ1v) is 9.20. The zero-order valence-corrected chi connectivity index (χ0v) is 16.2. The number of aryl methyl sites for hydroxylation is 1. The average molecular weight is 364 g/mol. The Bertz CT molecular complexity index is 770. The molecule has 3 aromatic rings. The third-order valence-corrected chi connectivity index (χ3v) is 4.65. The Kier molecular flexibility index (Phi) is 6.89. The molecule has 3 N–H and O–H groups in total. The van der Waals surface area contributed by atoms with Gasteiger partial charge in [0, 0.05) is 5.41 Å². The van der Waals surface area contributed by atoms with E-state index < -0.39 is 0 Å². The molecule has 0 amide bonds. The predicted octanol–water partition coefficient (Wildman–Crippen LogP) is 5.77. The predicted molar refractivity (Wildman–Crippen MR) is 110 cm³/mol. The zero-order valence-electron chi connectivity index (χ0n) is 16.2. The van der Waals surface area contributed by atoms with Crippen molar-refractivity contribution in [2.24, 2.45) is 0 Å². The van der Waals surface area contributed by atoms with Gasteiger partial charge in [0.15, 0.2) is 0 Å². The maximum absolute atomic E-state index is 9.30. The van der Waals surface area contributed by atoms with Gasteiger partial charge in [-0.2, -0.15) is 0 Å². The largest absolute Gasteiger partial charge is 0.508 e. The molecule has 0 aliphatic heterocycles. The van der Waals surface area contributed by atoms with Crippen LogP contribution in [0.1, 0.15) is 43.9 Å². The normalized spacial score (nSPS) is 10.8. The van der Waals surface area contributed by atoms with E-state index in [0.717, 1.165) is 24.0 Å². The molecule has 0 unspecified atom stereocenters. The Balaban J connectivity index is 0.000000223. The number of hydrogen-bond acceptors (Lipinski definition) is 3. The molecule has 0 aromatic heterocycles. The van der Waals surface area contributed by atoms with Crippen molar-refractivity contribution in [2.45, 2.75) is 39.0 Å². The summed E-state index contributed by atoms with van der Waals surface area (Å²) in [6.45, 7) is 6.38. The minimum absolute atomic E-state index is 0.151. The number of hydrogen-bond donors (Lipinski definition) is 3. The van der Waals surface area contributed by atoms with Gasteiger partial charge in [-0.1, -0.05) is 63.6 Å². The van der Waals surface area contributed by atoms with E-state index in [2.05, 4.69) is 20.8 Å². The van der Waals surface area contributed by atoms with Crippen molar-refractivity contribution < 1.29 is 15.3 Å². The Labute approximate surface area is 161 Å². The molecule has 3 heteroatoms. The molecule has 0 aliphatic carbocycles. The van der Waals surface area contributed by atoms with Gasteiger partial charge >= 0.3 is 0 Å². The minimum atomic E-state index is -0.151. The van der Waals surface area contributed by atoms with E-state index in [-0.39, 0.29) is 16.9 Å². The Morgan fingerprint density at radius 3 is 1.26 bits per heavy atom. The number of aromatic hydroxyl groups is 3. The van der Waals surface area contributed by atoms with Gasteiger partial charge in [-0.3, -0.25) is 0 Å². The first kappa shape index (κ1) is 20.4. The second-order valence-corrected chi connectivity index (χ2v) is 7.14. The summed E-state index contributed by atoms with van der Waals surface area (Å²) in [5.74, 6) is 0.894. The lowest BCUT2D eigenvalue weighted by Crippen LogP contribution is -2.18. The van der Waals surface area contributed by atoms with Gasteiger partial charge in [-0.25, -0.2) is 0 Å². The summed E-state index contributed by atoms with van der Waals surface area (Å²) in [4.78, 5) is 0. The Hall–Kier alpha value is -2.94. The molecule has 0 fully saturated rings. The van der Waals surface area contributed by atoms with E-state index in [9.17, 15) is 10.2 Å². The third kappa shape index (κ3) is 5.78. The summed E-state index contributed by atoms with van der Waals surface area (Å²) in [6, 6.07) is 21.8. The second kappa shape index (κ2) is 9.13. The van der Waals surface area contributed by atoms with Crippen LogP contribution in [0.4, 0.5) is 0 Å². The van der Waals surface area contributed by atoms with Gasteiger partial charge < -0.3 is 15.3 Å². The van der Waals surface area contributed by atoms with E-state index in [0.29, 0.717) is 5.75 Å². The van der Waals surface area contributed by atoms with E-state index in [1.165, 1.54) is 5.56 Å². The van der Waals surface area contributed by atoms with Crippen molar-refractivity contribution in [1.29, 1.82) is 0 Å². The maximum atomic E-state index is 9.30. The van der Waals surface area contributed by atoms with Crippen LogP contribution in [0.25, 0.3) is 0 Å². The van der Waals surface area contributed by atoms with Crippen molar-refractivity contribution in [3.8, 4) is 17.2 Å². The molecule has 3 aromatic carbocycles. The van der Waals surface area contributed by atoms with Crippen LogP contribution in [0.15, 0.2) is 72.8 Å². The van der Waals surface area contributed by atoms with Crippen molar-refractivity contribution in [2.75, 3.05) is 0 Å². The zero-order chi connectivity index (χ0) is 19.9. The molecular weight excluding hydrogens is 336 g/mol. The van der Waals surface area contributed by atoms with Crippen molar-refractivity contribution in [3.63, 3.8) is 0 Å². The van der Waals surface area contributed by atoms with Crippen LogP contribution in [0, 0.1) is 0 Å². The number of phenols is 3. The molecule has 0 bridgehead atoms. The first-order valence-electron chi connectivity index (χ1n) is 9.20. The lowest BCUT2D eigenvalue weighted by atomic mass is 9.78. The quantitative estimate of drug-likeness (QED) is 0.551. The third-order valence-electron chi connectivity index (χ3n) is 4.65. The van der Waals surface area contributed by atoms with E-state index in [4.69, 9.17) is 5.11 Å². The highest BCUT2D eigenvalue weighted by atomic mass is 16.3. The minimum Gasteiger partial charge on any atom is -0.508 e. The highest BCUT2D eigenvalue weighted by Gasteiger charge is 2.22. The van der Waals surface area contributed by atoms with Crippen LogP contribution in [-0.4, -0.2) is 15.3 Å². The molecule has 0 atom stereocenters. The molecule has 142 valence electrons. The van der Waals surface area contributed by atoms with Gasteiger partial charge in [0.25, 0.3) is 0 Å². The summed E-state index contributed by atoms with van der Waals surface area (Å²) in [6.07, 6.45) is 2.26. The molecule has 0 heterocycles. The molecule has 0 saturated carbocycles. The summed E-state index contributed by atoms with van der Waals surface area (Å²) in [5.41, 5.74) is 3.39. The fraction of sp³-hybridized carbons (Fsp3) is 0.250. The topological polar surface area (TPSA) is 60.7 Å². The molecule has 0 spiro atoms. The standard InChI is InChI=1S/C15H16O2.C9H12O/c1-15(2,11-3-7-13(16)8-4-11)12-5-9-14(17)10-6-12;1-2-3-8-4-6-9(10)7-5-8/h3-10,16-17H,1-2H3;4-7,10H,2-3H2,1H3. The molecule has 0 radical (unpaired) electrons. The highest BCUT2D eigenvalue weighted by molar-refractivity contribution is 5.41. The number of rotatable bonds is 4. The smallest absolute Gasteiger partial charge is 0.115 e. The Morgan fingerprint density at radius 2 is 0.926 bits per heavy atom. The highest BCUT2D eigenvalue weighted by Crippen LogP contribution is 2.32. The molecule has 27 heavy (non-hydrogen) atoms. The fourth-order valence-corrected chi connectivity index (χ4v) is 2.87. The summed E-state index contributed by atoms with van der Waals surface area (Å²) in [5, 5.41) is 27.5. The summed E-state index contributed by atoms with van der Waals surface area (Å²) in [7, 11) is 0. The average Bonchev–Trinajstić information content (AvgIpc) is 2.65. The molecule has 3 nitrogen and oxygen atoms in total. The maximum Gasteiger partial charge on any atom is 0.115 e. The monoisotopic (exact) mass is 364 g/mol. The van der Waals surface area contributed by atoms with Crippen LogP contribution in [-0.2, 0) is 11.8 Å². The van der Waals surface area contributed by atoms with Crippen LogP contribution < -0.4 is 0 Å². The van der Waals surface area contributed by atoms with Crippen molar-refractivity contribution >= 4 is 0 Å². The van der Waals surface area contributed by atoms with Gasteiger partial charge in [-0.15, -0.1) is 0 Å². The van der Waals surface area contributed by atoms with Gasteiger partial charge in [0.05, 0.1) is 0 Å². The van der Waals surface area contributed by atoms with Crippen molar-refractivity contribution in [3.05, 3.63) is 89.5 Å². The first-order chi connectivity index (χ1) is 12.8. The lowest BCUT2D eigenvalue weighted by molar-refractivity contribution is 0.473. The summed E-state index contributed by atoms with van der Waals surface area (Å²) < 4.78 is 0. The van der Waals surface area contributed by atoms with Crippen LogP contribution in [0.5, 0.6) is 17.2 Å². The molecule has 3 rings (SSSR count). The molecule has 0 aliphatic rings. The fourth-order valence-electron chi connectivity index (χ4n) is 2.87. The lowest BCUT2D eigenvalue weighted by Gasteiger charge is -2.26. The van der Waals surface area contributed by atoms with Crippen molar-refractivity contribution in [1.82, 2.24) is 0 Å². The van der Waals surface area contributed by atoms with E-state index in [1.54, 1.807) is 36.4 Å². The Morgan fingerprint density at radius 1 is 0.593 bits per heavy atom. The van der Waals surface area contributed by atoms with Crippen LogP contribution in [0.2, 0.25) is 0 Å². The van der Waals surface area contributed by atoms with E-state index >= 15 is 0 Å². The summed E-state index contributed by atoms with van der Waals surface area (Å²) >= 11 is 0. The number of phenolic OH excluding ortho intramolecular Hbond substituents is 3. The van der Waals surface area contributed by atoms with Gasteiger partial charge in [0.1, 0.15) is 17.2 Å². The van der Waals surface area contributed by atoms with Gasteiger partial charge in [-0.05, 0) is 59.5 Å². The van der Waals surface area contributed by atoms with Gasteiger partial charge in [0.2, 0.25) is 0 Å². The number of benzene rings is 3. The van der Waals surface area contributed by atoms with E-state index in [1.807, 2.05) is 36.4 Å². The van der Waals surface area contributed by atoms with Crippen LogP contribution >= 0.6 is 0 Å². The SMILES string of the molecule is CC(C)(c1ccc(O)cc1)c1ccc(O)cc1.CCCc1ccc(O)cc1. The molecule has 0 saturated heterocycles. The van der Waals surface area contributed by atoms with Crippen LogP contribution in [0.3, 0.4) is 0 Å². The molecular formula is C24H28O3.